The molecule has 1 atom stereocenters. The van der Waals surface area contributed by atoms with Crippen LogP contribution < -0.4 is 14.4 Å². The number of aliphatic hydroxyl groups is 1. The predicted molar refractivity (Wildman–Crippen MR) is 138 cm³/mol. The first-order valence-corrected chi connectivity index (χ1v) is 11.6. The lowest BCUT2D eigenvalue weighted by Gasteiger charge is -2.26. The Kier molecular flexibility index (Phi) is 6.75. The van der Waals surface area contributed by atoms with Crippen LogP contribution in [0.3, 0.4) is 0 Å². The summed E-state index contributed by atoms with van der Waals surface area (Å²) in [6, 6.07) is 15.7. The van der Waals surface area contributed by atoms with E-state index in [0.717, 1.165) is 5.56 Å². The molecule has 0 aliphatic carbocycles. The number of nitrogens with zero attached hydrogens (tertiary/aromatic N) is 1. The van der Waals surface area contributed by atoms with Gasteiger partial charge in [-0.25, -0.2) is 0 Å². The first-order chi connectivity index (χ1) is 17.2. The fraction of sp³-hybridized carbons (Fsp3) is 0.241. The van der Waals surface area contributed by atoms with E-state index in [1.54, 1.807) is 49.6 Å². The second-order valence-corrected chi connectivity index (χ2v) is 9.03. The molecule has 0 aromatic heterocycles. The van der Waals surface area contributed by atoms with Gasteiger partial charge in [0.15, 0.2) is 0 Å². The van der Waals surface area contributed by atoms with Crippen LogP contribution in [0.15, 0.2) is 66.2 Å². The van der Waals surface area contributed by atoms with Gasteiger partial charge in [-0.15, -0.1) is 0 Å². The molecule has 1 aliphatic heterocycles. The van der Waals surface area contributed by atoms with Crippen molar-refractivity contribution in [3.05, 3.63) is 88.5 Å². The average Bonchev–Trinajstić information content (AvgIpc) is 3.13. The Morgan fingerprint density at radius 1 is 0.972 bits per heavy atom. The van der Waals surface area contributed by atoms with E-state index in [1.165, 1.54) is 24.1 Å². The number of carbonyl (C=O) groups excluding carboxylic acids is 2. The van der Waals surface area contributed by atoms with E-state index >= 15 is 0 Å². The third-order valence-electron chi connectivity index (χ3n) is 6.43. The van der Waals surface area contributed by atoms with Gasteiger partial charge in [0.1, 0.15) is 23.0 Å². The largest absolute Gasteiger partial charge is 0.508 e. The number of ketones is 1. The van der Waals surface area contributed by atoms with Gasteiger partial charge in [-0.3, -0.25) is 14.5 Å². The molecule has 4 rings (SSSR count). The highest BCUT2D eigenvalue weighted by molar-refractivity contribution is 6.51. The third-order valence-corrected chi connectivity index (χ3v) is 6.43. The van der Waals surface area contributed by atoms with Gasteiger partial charge in [0, 0.05) is 11.3 Å². The van der Waals surface area contributed by atoms with Crippen molar-refractivity contribution in [3.63, 3.8) is 0 Å². The molecule has 3 aromatic rings. The van der Waals surface area contributed by atoms with Crippen molar-refractivity contribution in [2.45, 2.75) is 32.7 Å². The number of rotatable bonds is 6. The van der Waals surface area contributed by atoms with Crippen LogP contribution in [0, 0.1) is 6.92 Å². The van der Waals surface area contributed by atoms with Crippen LogP contribution >= 0.6 is 0 Å². The average molecular weight is 488 g/mol. The zero-order valence-electron chi connectivity index (χ0n) is 20.9. The first-order valence-electron chi connectivity index (χ1n) is 11.6. The number of benzene rings is 3. The zero-order chi connectivity index (χ0) is 26.1. The lowest BCUT2D eigenvalue weighted by atomic mass is 9.91. The van der Waals surface area contributed by atoms with Crippen molar-refractivity contribution in [2.75, 3.05) is 19.1 Å². The molecule has 1 unspecified atom stereocenters. The number of aliphatic hydroxyl groups excluding tert-OH is 1. The Morgan fingerprint density at radius 3 is 2.25 bits per heavy atom. The number of aryl methyl sites for hydroxylation is 1. The fourth-order valence-electron chi connectivity index (χ4n) is 4.58. The lowest BCUT2D eigenvalue weighted by Crippen LogP contribution is -2.29. The summed E-state index contributed by atoms with van der Waals surface area (Å²) in [7, 11) is 3.12. The quantitative estimate of drug-likeness (QED) is 0.272. The maximum atomic E-state index is 13.4. The van der Waals surface area contributed by atoms with Gasteiger partial charge in [0.2, 0.25) is 0 Å². The number of anilines is 1. The molecule has 7 heteroatoms. The minimum Gasteiger partial charge on any atom is -0.508 e. The number of ether oxygens (including phenoxy) is 2. The molecule has 1 heterocycles. The van der Waals surface area contributed by atoms with Gasteiger partial charge in [-0.2, -0.15) is 0 Å². The Balaban J connectivity index is 1.97. The number of phenols is 1. The number of hydrogen-bond donors (Lipinski definition) is 2. The molecular weight excluding hydrogens is 458 g/mol. The van der Waals surface area contributed by atoms with Crippen molar-refractivity contribution in [2.24, 2.45) is 0 Å². The van der Waals surface area contributed by atoms with Gasteiger partial charge in [0.25, 0.3) is 11.7 Å². The molecule has 1 amide bonds. The van der Waals surface area contributed by atoms with Crippen LogP contribution in [0.1, 0.15) is 48.1 Å². The molecule has 0 bridgehead atoms. The number of phenolic OH excluding ortho intramolecular Hbond substituents is 1. The molecule has 2 N–H and O–H groups in total. The SMILES string of the molecule is COc1ccc(N2C(=O)C(=O)/C(=C(/O)c3cc(C(C)C)c(OC)cc3C)C2c2cccc(O)c2)cc1. The van der Waals surface area contributed by atoms with E-state index in [4.69, 9.17) is 9.47 Å². The van der Waals surface area contributed by atoms with Crippen LogP contribution in [0.5, 0.6) is 17.2 Å². The third kappa shape index (κ3) is 4.28. The van der Waals surface area contributed by atoms with Gasteiger partial charge in [-0.05, 0) is 78.1 Å². The second kappa shape index (κ2) is 9.77. The smallest absolute Gasteiger partial charge is 0.300 e. The number of hydrogen-bond acceptors (Lipinski definition) is 6. The Morgan fingerprint density at radius 2 is 1.67 bits per heavy atom. The monoisotopic (exact) mass is 487 g/mol. The van der Waals surface area contributed by atoms with Crippen molar-refractivity contribution in [1.82, 2.24) is 0 Å². The minimum absolute atomic E-state index is 0.0180. The summed E-state index contributed by atoms with van der Waals surface area (Å²) in [5.74, 6) is -0.504. The van der Waals surface area contributed by atoms with E-state index in [1.807, 2.05) is 26.8 Å². The van der Waals surface area contributed by atoms with Crippen molar-refractivity contribution >= 4 is 23.1 Å². The van der Waals surface area contributed by atoms with Crippen LogP contribution in [0.4, 0.5) is 5.69 Å². The highest BCUT2D eigenvalue weighted by Crippen LogP contribution is 2.44. The standard InChI is InChI=1S/C29H29NO6/c1-16(2)22-15-23(17(3)13-24(22)36-5)27(32)25-26(18-7-6-8-20(31)14-18)30(29(34)28(25)33)19-9-11-21(35-4)12-10-19/h6-16,26,31-32H,1-5H3/b27-25+. The van der Waals surface area contributed by atoms with Gasteiger partial charge < -0.3 is 19.7 Å². The molecule has 3 aromatic carbocycles. The van der Waals surface area contributed by atoms with Crippen molar-refractivity contribution in [3.8, 4) is 17.2 Å². The maximum absolute atomic E-state index is 13.4. The van der Waals surface area contributed by atoms with Crippen LogP contribution in [0.2, 0.25) is 0 Å². The molecule has 186 valence electrons. The van der Waals surface area contributed by atoms with Gasteiger partial charge in [0.05, 0.1) is 25.8 Å². The zero-order valence-corrected chi connectivity index (χ0v) is 20.9. The fourth-order valence-corrected chi connectivity index (χ4v) is 4.58. The molecule has 7 nitrogen and oxygen atoms in total. The molecule has 0 radical (unpaired) electrons. The van der Waals surface area contributed by atoms with E-state index in [-0.39, 0.29) is 23.0 Å². The first kappa shape index (κ1) is 24.9. The van der Waals surface area contributed by atoms with Crippen LogP contribution in [-0.2, 0) is 9.59 Å². The topological polar surface area (TPSA) is 96.3 Å². The number of Topliss-reactive ketones (excluding diaryl/α,β-unsaturated/α-hetero) is 1. The molecule has 36 heavy (non-hydrogen) atoms. The summed E-state index contributed by atoms with van der Waals surface area (Å²) in [6.45, 7) is 5.82. The van der Waals surface area contributed by atoms with E-state index in [2.05, 4.69) is 0 Å². The highest BCUT2D eigenvalue weighted by Gasteiger charge is 2.47. The minimum atomic E-state index is -0.950. The van der Waals surface area contributed by atoms with E-state index in [0.29, 0.717) is 33.9 Å². The number of carbonyl (C=O) groups is 2. The van der Waals surface area contributed by atoms with Crippen LogP contribution in [-0.4, -0.2) is 36.1 Å². The molecule has 0 spiro atoms. The number of amides is 1. The Hall–Kier alpha value is -4.26. The number of methoxy groups -OCH3 is 2. The maximum Gasteiger partial charge on any atom is 0.300 e. The lowest BCUT2D eigenvalue weighted by molar-refractivity contribution is -0.132. The molecule has 0 saturated carbocycles. The van der Waals surface area contributed by atoms with Gasteiger partial charge in [-0.1, -0.05) is 26.0 Å². The molecule has 1 saturated heterocycles. The molecule has 1 aliphatic rings. The highest BCUT2D eigenvalue weighted by atomic mass is 16.5. The Bertz CT molecular complexity index is 1360. The van der Waals surface area contributed by atoms with Crippen LogP contribution in [0.25, 0.3) is 5.76 Å². The summed E-state index contributed by atoms with van der Waals surface area (Å²) >= 11 is 0. The molecular formula is C29H29NO6. The number of aromatic hydroxyl groups is 1. The van der Waals surface area contributed by atoms with Crippen molar-refractivity contribution in [1.29, 1.82) is 0 Å². The summed E-state index contributed by atoms with van der Waals surface area (Å²) < 4.78 is 10.7. The second-order valence-electron chi connectivity index (χ2n) is 9.03. The Labute approximate surface area is 210 Å². The van der Waals surface area contributed by atoms with E-state index in [9.17, 15) is 19.8 Å². The molecule has 1 fully saturated rings. The van der Waals surface area contributed by atoms with Gasteiger partial charge >= 0.3 is 0 Å². The normalized spacial score (nSPS) is 17.1. The summed E-state index contributed by atoms with van der Waals surface area (Å²) in [6.07, 6.45) is 0. The predicted octanol–water partition coefficient (Wildman–Crippen LogP) is 5.47. The van der Waals surface area contributed by atoms with E-state index < -0.39 is 17.7 Å². The van der Waals surface area contributed by atoms with Crippen molar-refractivity contribution < 1.29 is 29.3 Å². The summed E-state index contributed by atoms with van der Waals surface area (Å²) in [5.41, 5.74) is 2.89. The summed E-state index contributed by atoms with van der Waals surface area (Å²) in [5, 5.41) is 21.7. The summed E-state index contributed by atoms with van der Waals surface area (Å²) in [4.78, 5) is 28.1.